The molecular weight excluding hydrogens is 426 g/mol. The predicted molar refractivity (Wildman–Crippen MR) is 135 cm³/mol. The molecule has 0 radical (unpaired) electrons. The Morgan fingerprint density at radius 3 is 2.50 bits per heavy atom. The number of ether oxygens (including phenoxy) is 1. The van der Waals surface area contributed by atoms with E-state index in [4.69, 9.17) is 4.74 Å². The third-order valence-corrected chi connectivity index (χ3v) is 5.98. The number of amides is 1. The molecule has 1 aromatic heterocycles. The number of carbonyl (C=O) groups excluding carboxylic acids is 1. The van der Waals surface area contributed by atoms with Gasteiger partial charge in [0.15, 0.2) is 0 Å². The molecule has 1 saturated heterocycles. The lowest BCUT2D eigenvalue weighted by molar-refractivity contribution is 0.0951. The standard InChI is InChI=1S/C27H27N5O2/c1-19-2-4-20(5-3-19)17-28-27(33)21-6-11-25-24(16-21)26(30-18-29-25)31-22-7-9-23(10-8-22)32-12-14-34-15-13-32/h2-11,16,18H,12-15,17H2,1H3,(H,28,33)(H,29,30,31). The number of rotatable bonds is 6. The molecule has 1 fully saturated rings. The fraction of sp³-hybridized carbons (Fsp3) is 0.222. The maximum absolute atomic E-state index is 12.8. The van der Waals surface area contributed by atoms with Crippen LogP contribution < -0.4 is 15.5 Å². The minimum Gasteiger partial charge on any atom is -0.378 e. The number of nitrogens with zero attached hydrogens (tertiary/aromatic N) is 3. The highest BCUT2D eigenvalue weighted by Gasteiger charge is 2.12. The van der Waals surface area contributed by atoms with Crippen LogP contribution in [0.5, 0.6) is 0 Å². The van der Waals surface area contributed by atoms with Gasteiger partial charge in [0.1, 0.15) is 12.1 Å². The highest BCUT2D eigenvalue weighted by Crippen LogP contribution is 2.26. The molecule has 34 heavy (non-hydrogen) atoms. The van der Waals surface area contributed by atoms with Crippen molar-refractivity contribution in [3.8, 4) is 0 Å². The van der Waals surface area contributed by atoms with E-state index < -0.39 is 0 Å². The topological polar surface area (TPSA) is 79.4 Å². The van der Waals surface area contributed by atoms with Gasteiger partial charge in [0.2, 0.25) is 0 Å². The molecule has 3 aromatic carbocycles. The van der Waals surface area contributed by atoms with E-state index in [0.717, 1.165) is 48.5 Å². The molecule has 0 saturated carbocycles. The molecule has 0 atom stereocenters. The number of fused-ring (bicyclic) bond motifs is 1. The molecule has 1 amide bonds. The smallest absolute Gasteiger partial charge is 0.251 e. The van der Waals surface area contributed by atoms with E-state index >= 15 is 0 Å². The SMILES string of the molecule is Cc1ccc(CNC(=O)c2ccc3ncnc(Nc4ccc(N5CCOCC5)cc4)c3c2)cc1. The van der Waals surface area contributed by atoms with Crippen LogP contribution in [0.3, 0.4) is 0 Å². The summed E-state index contributed by atoms with van der Waals surface area (Å²) in [5.41, 5.74) is 5.70. The van der Waals surface area contributed by atoms with E-state index in [0.29, 0.717) is 17.9 Å². The van der Waals surface area contributed by atoms with Gasteiger partial charge >= 0.3 is 0 Å². The first-order valence-corrected chi connectivity index (χ1v) is 11.4. The van der Waals surface area contributed by atoms with Crippen LogP contribution in [0, 0.1) is 6.92 Å². The van der Waals surface area contributed by atoms with Gasteiger partial charge in [-0.3, -0.25) is 4.79 Å². The molecule has 7 heteroatoms. The van der Waals surface area contributed by atoms with Gasteiger partial charge in [-0.05, 0) is 55.0 Å². The Morgan fingerprint density at radius 2 is 1.74 bits per heavy atom. The van der Waals surface area contributed by atoms with Crippen molar-refractivity contribution in [1.29, 1.82) is 0 Å². The van der Waals surface area contributed by atoms with Crippen molar-refractivity contribution in [2.75, 3.05) is 36.5 Å². The van der Waals surface area contributed by atoms with Gasteiger partial charge in [-0.25, -0.2) is 9.97 Å². The normalized spacial score (nSPS) is 13.6. The molecule has 1 aliphatic heterocycles. The van der Waals surface area contributed by atoms with Crippen LogP contribution in [-0.2, 0) is 11.3 Å². The van der Waals surface area contributed by atoms with Gasteiger partial charge in [0.05, 0.1) is 18.7 Å². The monoisotopic (exact) mass is 453 g/mol. The number of anilines is 3. The third-order valence-electron chi connectivity index (χ3n) is 5.98. The number of aromatic nitrogens is 2. The molecule has 2 N–H and O–H groups in total. The molecule has 2 heterocycles. The Kier molecular flexibility index (Phi) is 6.35. The van der Waals surface area contributed by atoms with Gasteiger partial charge in [-0.2, -0.15) is 0 Å². The van der Waals surface area contributed by atoms with Gasteiger partial charge in [0.25, 0.3) is 5.91 Å². The maximum Gasteiger partial charge on any atom is 0.251 e. The Balaban J connectivity index is 1.32. The summed E-state index contributed by atoms with van der Waals surface area (Å²) in [6, 6.07) is 21.9. The fourth-order valence-electron chi connectivity index (χ4n) is 4.00. The highest BCUT2D eigenvalue weighted by molar-refractivity contribution is 6.00. The summed E-state index contributed by atoms with van der Waals surface area (Å²) in [7, 11) is 0. The van der Waals surface area contributed by atoms with E-state index in [2.05, 4.69) is 37.6 Å². The predicted octanol–water partition coefficient (Wildman–Crippen LogP) is 4.45. The van der Waals surface area contributed by atoms with Gasteiger partial charge in [0, 0.05) is 42.0 Å². The summed E-state index contributed by atoms with van der Waals surface area (Å²) in [5, 5.41) is 7.17. The van der Waals surface area contributed by atoms with E-state index in [1.165, 1.54) is 17.6 Å². The molecule has 0 unspecified atom stereocenters. The third kappa shape index (κ3) is 5.00. The molecule has 0 bridgehead atoms. The second kappa shape index (κ2) is 9.89. The van der Waals surface area contributed by atoms with Crippen LogP contribution in [0.4, 0.5) is 17.2 Å². The second-order valence-corrected chi connectivity index (χ2v) is 8.39. The van der Waals surface area contributed by atoms with Gasteiger partial charge in [-0.15, -0.1) is 0 Å². The molecule has 0 spiro atoms. The Hall–Kier alpha value is -3.97. The minimum absolute atomic E-state index is 0.132. The maximum atomic E-state index is 12.8. The van der Waals surface area contributed by atoms with E-state index in [1.54, 1.807) is 6.07 Å². The van der Waals surface area contributed by atoms with E-state index in [9.17, 15) is 4.79 Å². The quantitative estimate of drug-likeness (QED) is 0.449. The lowest BCUT2D eigenvalue weighted by Gasteiger charge is -2.28. The van der Waals surface area contributed by atoms with Crippen LogP contribution in [0.2, 0.25) is 0 Å². The summed E-state index contributed by atoms with van der Waals surface area (Å²) in [5.74, 6) is 0.532. The lowest BCUT2D eigenvalue weighted by Crippen LogP contribution is -2.36. The van der Waals surface area contributed by atoms with E-state index in [1.807, 2.05) is 55.5 Å². The molecular formula is C27H27N5O2. The van der Waals surface area contributed by atoms with Crippen molar-refractivity contribution in [2.24, 2.45) is 0 Å². The number of carbonyl (C=O) groups is 1. The lowest BCUT2D eigenvalue weighted by atomic mass is 10.1. The van der Waals surface area contributed by atoms with Crippen molar-refractivity contribution < 1.29 is 9.53 Å². The van der Waals surface area contributed by atoms with Crippen LogP contribution in [-0.4, -0.2) is 42.2 Å². The molecule has 0 aliphatic carbocycles. The average molecular weight is 454 g/mol. The first-order chi connectivity index (χ1) is 16.7. The number of hydrogen-bond acceptors (Lipinski definition) is 6. The van der Waals surface area contributed by atoms with Crippen LogP contribution in [0.25, 0.3) is 10.9 Å². The molecule has 172 valence electrons. The summed E-state index contributed by atoms with van der Waals surface area (Å²) < 4.78 is 5.44. The first kappa shape index (κ1) is 21.9. The van der Waals surface area contributed by atoms with Crippen molar-refractivity contribution in [2.45, 2.75) is 13.5 Å². The van der Waals surface area contributed by atoms with Gasteiger partial charge < -0.3 is 20.3 Å². The van der Waals surface area contributed by atoms with Crippen molar-refractivity contribution in [3.05, 3.63) is 89.7 Å². The molecule has 7 nitrogen and oxygen atoms in total. The number of hydrogen-bond donors (Lipinski definition) is 2. The second-order valence-electron chi connectivity index (χ2n) is 8.39. The van der Waals surface area contributed by atoms with Crippen LogP contribution in [0.15, 0.2) is 73.1 Å². The highest BCUT2D eigenvalue weighted by atomic mass is 16.5. The van der Waals surface area contributed by atoms with Crippen LogP contribution in [0.1, 0.15) is 21.5 Å². The first-order valence-electron chi connectivity index (χ1n) is 11.4. The number of benzene rings is 3. The van der Waals surface area contributed by atoms with Crippen LogP contribution >= 0.6 is 0 Å². The van der Waals surface area contributed by atoms with Crippen molar-refractivity contribution in [3.63, 3.8) is 0 Å². The molecule has 1 aliphatic rings. The van der Waals surface area contributed by atoms with Gasteiger partial charge in [-0.1, -0.05) is 29.8 Å². The number of aryl methyl sites for hydroxylation is 1. The molecule has 4 aromatic rings. The zero-order chi connectivity index (χ0) is 23.3. The number of nitrogens with one attached hydrogen (secondary N) is 2. The average Bonchev–Trinajstić information content (AvgIpc) is 2.89. The zero-order valence-electron chi connectivity index (χ0n) is 19.1. The summed E-state index contributed by atoms with van der Waals surface area (Å²) in [6.45, 7) is 5.84. The Labute approximate surface area is 198 Å². The minimum atomic E-state index is -0.132. The number of morpholine rings is 1. The Morgan fingerprint density at radius 1 is 0.971 bits per heavy atom. The summed E-state index contributed by atoms with van der Waals surface area (Å²) in [6.07, 6.45) is 1.53. The summed E-state index contributed by atoms with van der Waals surface area (Å²) >= 11 is 0. The van der Waals surface area contributed by atoms with Crippen molar-refractivity contribution in [1.82, 2.24) is 15.3 Å². The van der Waals surface area contributed by atoms with E-state index in [-0.39, 0.29) is 5.91 Å². The van der Waals surface area contributed by atoms with Crippen molar-refractivity contribution >= 4 is 34.0 Å². The summed E-state index contributed by atoms with van der Waals surface area (Å²) in [4.78, 5) is 23.9. The zero-order valence-corrected chi connectivity index (χ0v) is 19.1. The fourth-order valence-corrected chi connectivity index (χ4v) is 4.00. The molecule has 5 rings (SSSR count). The largest absolute Gasteiger partial charge is 0.378 e. The Bertz CT molecular complexity index is 1280.